The van der Waals surface area contributed by atoms with Crippen LogP contribution in [-0.4, -0.2) is 41.8 Å². The van der Waals surface area contributed by atoms with Crippen LogP contribution in [-0.2, 0) is 11.3 Å². The van der Waals surface area contributed by atoms with Crippen LogP contribution in [0.3, 0.4) is 0 Å². The first-order chi connectivity index (χ1) is 12.5. The standard InChI is InChI=1S/C19H20BrFN2O3/c1-22(12-14-11-15(20)4-5-16(14)21)18(24)13-6-8-23(9-7-13)19(25)17-3-2-10-26-17/h2-5,10-11,13H,6-9,12H2,1H3. The Morgan fingerprint density at radius 3 is 2.69 bits per heavy atom. The van der Waals surface area contributed by atoms with Gasteiger partial charge in [-0.25, -0.2) is 4.39 Å². The zero-order valence-corrected chi connectivity index (χ0v) is 16.0. The van der Waals surface area contributed by atoms with E-state index in [1.54, 1.807) is 41.1 Å². The van der Waals surface area contributed by atoms with E-state index in [9.17, 15) is 14.0 Å². The Hall–Kier alpha value is -2.15. The zero-order chi connectivity index (χ0) is 18.7. The fraction of sp³-hybridized carbons (Fsp3) is 0.368. The van der Waals surface area contributed by atoms with Gasteiger partial charge in [0.2, 0.25) is 5.91 Å². The predicted octanol–water partition coefficient (Wildman–Crippen LogP) is 3.69. The van der Waals surface area contributed by atoms with Crippen molar-refractivity contribution in [2.24, 2.45) is 5.92 Å². The highest BCUT2D eigenvalue weighted by atomic mass is 79.9. The number of piperidine rings is 1. The smallest absolute Gasteiger partial charge is 0.289 e. The molecule has 0 N–H and O–H groups in total. The van der Waals surface area contributed by atoms with Gasteiger partial charge in [-0.05, 0) is 43.2 Å². The van der Waals surface area contributed by atoms with Crippen LogP contribution in [0, 0.1) is 11.7 Å². The maximum atomic E-state index is 13.9. The van der Waals surface area contributed by atoms with E-state index in [-0.39, 0.29) is 30.1 Å². The number of amides is 2. The van der Waals surface area contributed by atoms with Crippen LogP contribution in [0.15, 0.2) is 45.5 Å². The van der Waals surface area contributed by atoms with Crippen molar-refractivity contribution >= 4 is 27.7 Å². The summed E-state index contributed by atoms with van der Waals surface area (Å²) in [6.45, 7) is 1.24. The normalized spacial score (nSPS) is 15.1. The van der Waals surface area contributed by atoms with Gasteiger partial charge in [0, 0.05) is 42.6 Å². The molecule has 1 saturated heterocycles. The van der Waals surface area contributed by atoms with Gasteiger partial charge in [0.1, 0.15) is 5.82 Å². The summed E-state index contributed by atoms with van der Waals surface area (Å²) in [5, 5.41) is 0. The van der Waals surface area contributed by atoms with Crippen molar-refractivity contribution in [3.8, 4) is 0 Å². The highest BCUT2D eigenvalue weighted by Crippen LogP contribution is 2.23. The minimum atomic E-state index is -0.327. The number of likely N-dealkylation sites (tertiary alicyclic amines) is 1. The summed E-state index contributed by atoms with van der Waals surface area (Å²) in [5.41, 5.74) is 0.473. The van der Waals surface area contributed by atoms with E-state index in [0.717, 1.165) is 4.47 Å². The van der Waals surface area contributed by atoms with Gasteiger partial charge in [-0.2, -0.15) is 0 Å². The molecule has 0 bridgehead atoms. The van der Waals surface area contributed by atoms with Crippen LogP contribution >= 0.6 is 15.9 Å². The Morgan fingerprint density at radius 1 is 1.31 bits per heavy atom. The third-order valence-corrected chi connectivity index (χ3v) is 5.15. The molecule has 1 fully saturated rings. The second-order valence-electron chi connectivity index (χ2n) is 6.47. The molecule has 1 aliphatic rings. The molecule has 2 heterocycles. The van der Waals surface area contributed by atoms with E-state index in [4.69, 9.17) is 4.42 Å². The number of hydrogen-bond donors (Lipinski definition) is 0. The Bertz CT molecular complexity index is 786. The molecule has 2 aromatic rings. The lowest BCUT2D eigenvalue weighted by Gasteiger charge is -2.32. The largest absolute Gasteiger partial charge is 0.459 e. The van der Waals surface area contributed by atoms with E-state index < -0.39 is 0 Å². The first-order valence-electron chi connectivity index (χ1n) is 8.47. The fourth-order valence-electron chi connectivity index (χ4n) is 3.20. The number of halogens is 2. The van der Waals surface area contributed by atoms with Gasteiger partial charge in [0.15, 0.2) is 5.76 Å². The third kappa shape index (κ3) is 4.15. The van der Waals surface area contributed by atoms with E-state index >= 15 is 0 Å². The Morgan fingerprint density at radius 2 is 2.04 bits per heavy atom. The topological polar surface area (TPSA) is 53.8 Å². The SMILES string of the molecule is CN(Cc1cc(Br)ccc1F)C(=O)C1CCN(C(=O)c2ccco2)CC1. The molecule has 1 aliphatic heterocycles. The van der Waals surface area contributed by atoms with Crippen LogP contribution in [0.5, 0.6) is 0 Å². The molecule has 0 spiro atoms. The van der Waals surface area contributed by atoms with Gasteiger partial charge >= 0.3 is 0 Å². The van der Waals surface area contributed by atoms with Gasteiger partial charge in [-0.3, -0.25) is 9.59 Å². The summed E-state index contributed by atoms with van der Waals surface area (Å²) < 4.78 is 19.8. The molecule has 138 valence electrons. The monoisotopic (exact) mass is 422 g/mol. The third-order valence-electron chi connectivity index (χ3n) is 4.65. The maximum absolute atomic E-state index is 13.9. The van der Waals surface area contributed by atoms with Gasteiger partial charge in [0.05, 0.1) is 6.26 Å². The van der Waals surface area contributed by atoms with Crippen molar-refractivity contribution in [3.05, 3.63) is 58.2 Å². The van der Waals surface area contributed by atoms with Crippen molar-refractivity contribution in [1.82, 2.24) is 9.80 Å². The summed E-state index contributed by atoms with van der Waals surface area (Å²) in [4.78, 5) is 28.2. The first-order valence-corrected chi connectivity index (χ1v) is 9.26. The first kappa shape index (κ1) is 18.6. The molecule has 0 radical (unpaired) electrons. The fourth-order valence-corrected chi connectivity index (χ4v) is 3.60. The quantitative estimate of drug-likeness (QED) is 0.754. The van der Waals surface area contributed by atoms with Crippen LogP contribution in [0.25, 0.3) is 0 Å². The summed E-state index contributed by atoms with van der Waals surface area (Å²) in [6.07, 6.45) is 2.66. The summed E-state index contributed by atoms with van der Waals surface area (Å²) in [7, 11) is 1.68. The van der Waals surface area contributed by atoms with E-state index in [2.05, 4.69) is 15.9 Å². The van der Waals surface area contributed by atoms with Crippen LogP contribution < -0.4 is 0 Å². The Kier molecular flexibility index (Phi) is 5.76. The molecule has 3 rings (SSSR count). The lowest BCUT2D eigenvalue weighted by molar-refractivity contribution is -0.136. The minimum Gasteiger partial charge on any atom is -0.459 e. The number of hydrogen-bond acceptors (Lipinski definition) is 3. The number of carbonyl (C=O) groups excluding carboxylic acids is 2. The molecule has 1 aromatic carbocycles. The van der Waals surface area contributed by atoms with Crippen molar-refractivity contribution < 1.29 is 18.4 Å². The molecule has 7 heteroatoms. The van der Waals surface area contributed by atoms with Crippen LogP contribution in [0.2, 0.25) is 0 Å². The van der Waals surface area contributed by atoms with Crippen LogP contribution in [0.1, 0.15) is 29.0 Å². The second kappa shape index (κ2) is 8.03. The lowest BCUT2D eigenvalue weighted by atomic mass is 9.95. The number of carbonyl (C=O) groups is 2. The molecule has 0 saturated carbocycles. The molecule has 0 aliphatic carbocycles. The summed E-state index contributed by atoms with van der Waals surface area (Å²) >= 11 is 3.32. The summed E-state index contributed by atoms with van der Waals surface area (Å²) in [5.74, 6) is -0.334. The number of nitrogens with zero attached hydrogens (tertiary/aromatic N) is 2. The van der Waals surface area contributed by atoms with Crippen molar-refractivity contribution in [2.45, 2.75) is 19.4 Å². The molecular formula is C19H20BrFN2O3. The van der Waals surface area contributed by atoms with Gasteiger partial charge < -0.3 is 14.2 Å². The molecule has 5 nitrogen and oxygen atoms in total. The van der Waals surface area contributed by atoms with Crippen LogP contribution in [0.4, 0.5) is 4.39 Å². The van der Waals surface area contributed by atoms with E-state index in [0.29, 0.717) is 37.3 Å². The molecular weight excluding hydrogens is 403 g/mol. The van der Waals surface area contributed by atoms with Gasteiger partial charge in [-0.1, -0.05) is 15.9 Å². The average Bonchev–Trinajstić information content (AvgIpc) is 3.18. The Balaban J connectivity index is 1.56. The lowest BCUT2D eigenvalue weighted by Crippen LogP contribution is -2.43. The molecule has 0 atom stereocenters. The van der Waals surface area contributed by atoms with Crippen molar-refractivity contribution in [2.75, 3.05) is 20.1 Å². The molecule has 1 aromatic heterocycles. The summed E-state index contributed by atoms with van der Waals surface area (Å²) in [6, 6.07) is 8.02. The average molecular weight is 423 g/mol. The van der Waals surface area contributed by atoms with Gasteiger partial charge in [0.25, 0.3) is 5.91 Å². The number of furan rings is 1. The highest BCUT2D eigenvalue weighted by molar-refractivity contribution is 9.10. The highest BCUT2D eigenvalue weighted by Gasteiger charge is 2.30. The van der Waals surface area contributed by atoms with Gasteiger partial charge in [-0.15, -0.1) is 0 Å². The molecule has 0 unspecified atom stereocenters. The predicted molar refractivity (Wildman–Crippen MR) is 97.9 cm³/mol. The van der Waals surface area contributed by atoms with Crippen molar-refractivity contribution in [3.63, 3.8) is 0 Å². The van der Waals surface area contributed by atoms with E-state index in [1.807, 2.05) is 0 Å². The second-order valence-corrected chi connectivity index (χ2v) is 7.39. The minimum absolute atomic E-state index is 0.0190. The molecule has 2 amide bonds. The molecule has 26 heavy (non-hydrogen) atoms. The Labute approximate surface area is 159 Å². The van der Waals surface area contributed by atoms with E-state index in [1.165, 1.54) is 12.3 Å². The van der Waals surface area contributed by atoms with Crippen molar-refractivity contribution in [1.29, 1.82) is 0 Å². The zero-order valence-electron chi connectivity index (χ0n) is 14.5. The number of rotatable bonds is 4. The number of benzene rings is 1. The maximum Gasteiger partial charge on any atom is 0.289 e.